The Morgan fingerprint density at radius 3 is 2.48 bits per heavy atom. The van der Waals surface area contributed by atoms with Crippen molar-refractivity contribution in [3.8, 4) is 11.5 Å². The van der Waals surface area contributed by atoms with Crippen LogP contribution in [0.1, 0.15) is 44.9 Å². The van der Waals surface area contributed by atoms with Crippen molar-refractivity contribution in [1.29, 1.82) is 0 Å². The molecule has 7 nitrogen and oxygen atoms in total. The molecule has 0 saturated carbocycles. The zero-order chi connectivity index (χ0) is 24.0. The minimum Gasteiger partial charge on any atom is -0.490 e. The van der Waals surface area contributed by atoms with E-state index in [2.05, 4.69) is 10.6 Å². The van der Waals surface area contributed by atoms with Crippen LogP contribution in [0.4, 0.5) is 4.79 Å². The molecule has 0 saturated heterocycles. The van der Waals surface area contributed by atoms with Crippen LogP contribution in [-0.2, 0) is 16.1 Å². The quantitative estimate of drug-likeness (QED) is 0.493. The molecule has 3 rings (SSSR count). The summed E-state index contributed by atoms with van der Waals surface area (Å²) in [7, 11) is 0. The molecular weight excluding hydrogens is 444 g/mol. The molecule has 1 aliphatic rings. The third kappa shape index (κ3) is 5.79. The molecule has 0 aliphatic carbocycles. The van der Waals surface area contributed by atoms with Crippen molar-refractivity contribution in [3.63, 3.8) is 0 Å². The van der Waals surface area contributed by atoms with Crippen molar-refractivity contribution >= 4 is 23.6 Å². The molecule has 176 valence electrons. The number of rotatable bonds is 9. The number of carbonyl (C=O) groups is 2. The second-order valence-corrected chi connectivity index (χ2v) is 8.16. The van der Waals surface area contributed by atoms with Crippen molar-refractivity contribution in [3.05, 3.63) is 69.9 Å². The Morgan fingerprint density at radius 2 is 1.82 bits per heavy atom. The summed E-state index contributed by atoms with van der Waals surface area (Å²) in [5.74, 6) is 0.480. The van der Waals surface area contributed by atoms with Gasteiger partial charge >= 0.3 is 12.0 Å². The number of benzene rings is 2. The molecule has 2 amide bonds. The van der Waals surface area contributed by atoms with Crippen LogP contribution in [0.2, 0.25) is 5.02 Å². The number of esters is 1. The van der Waals surface area contributed by atoms with Gasteiger partial charge in [-0.1, -0.05) is 49.7 Å². The molecule has 0 fully saturated rings. The maximum atomic E-state index is 12.8. The number of carbonyl (C=O) groups excluding carboxylic acids is 2. The number of halogens is 1. The van der Waals surface area contributed by atoms with Crippen molar-refractivity contribution in [2.75, 3.05) is 13.2 Å². The molecule has 1 unspecified atom stereocenters. The summed E-state index contributed by atoms with van der Waals surface area (Å²) in [6, 6.07) is 11.7. The number of amides is 2. The van der Waals surface area contributed by atoms with Gasteiger partial charge in [-0.15, -0.1) is 0 Å². The topological polar surface area (TPSA) is 85.9 Å². The highest BCUT2D eigenvalue weighted by molar-refractivity contribution is 6.31. The lowest BCUT2D eigenvalue weighted by Crippen LogP contribution is -2.47. The summed E-state index contributed by atoms with van der Waals surface area (Å²) in [5.41, 5.74) is 2.45. The summed E-state index contributed by atoms with van der Waals surface area (Å²) in [6.07, 6.45) is 0. The van der Waals surface area contributed by atoms with Gasteiger partial charge in [0.25, 0.3) is 0 Å². The predicted molar refractivity (Wildman–Crippen MR) is 126 cm³/mol. The number of hydrogen-bond acceptors (Lipinski definition) is 5. The number of nitrogens with one attached hydrogen (secondary N) is 2. The van der Waals surface area contributed by atoms with Crippen LogP contribution in [0.25, 0.3) is 0 Å². The molecule has 2 aromatic carbocycles. The van der Waals surface area contributed by atoms with Crippen LogP contribution in [-0.4, -0.2) is 25.2 Å². The lowest BCUT2D eigenvalue weighted by Gasteiger charge is -2.31. The van der Waals surface area contributed by atoms with E-state index in [1.54, 1.807) is 25.1 Å². The molecular formula is C25H29ClN2O5. The first kappa shape index (κ1) is 24.5. The zero-order valence-electron chi connectivity index (χ0n) is 19.2. The number of allylic oxidation sites excluding steroid dienone is 1. The van der Waals surface area contributed by atoms with E-state index in [1.165, 1.54) is 0 Å². The Balaban J connectivity index is 1.97. The fourth-order valence-electron chi connectivity index (χ4n) is 3.59. The highest BCUT2D eigenvalue weighted by Gasteiger charge is 2.35. The lowest BCUT2D eigenvalue weighted by molar-refractivity contribution is -0.139. The van der Waals surface area contributed by atoms with Crippen LogP contribution in [0.3, 0.4) is 0 Å². The van der Waals surface area contributed by atoms with Crippen LogP contribution in [0, 0.1) is 5.92 Å². The molecule has 0 spiro atoms. The molecule has 0 bridgehead atoms. The fraction of sp³-hybridized carbons (Fsp3) is 0.360. The number of ether oxygens (including phenoxy) is 3. The molecule has 2 aromatic rings. The molecule has 33 heavy (non-hydrogen) atoms. The van der Waals surface area contributed by atoms with Crippen LogP contribution >= 0.6 is 11.6 Å². The Labute approximate surface area is 199 Å². The van der Waals surface area contributed by atoms with Gasteiger partial charge in [0.1, 0.15) is 6.61 Å². The second kappa shape index (κ2) is 11.1. The zero-order valence-corrected chi connectivity index (χ0v) is 20.0. The molecule has 8 heteroatoms. The summed E-state index contributed by atoms with van der Waals surface area (Å²) in [4.78, 5) is 25.2. The highest BCUT2D eigenvalue weighted by Crippen LogP contribution is 2.36. The van der Waals surface area contributed by atoms with Gasteiger partial charge in [-0.2, -0.15) is 0 Å². The molecule has 0 aromatic heterocycles. The summed E-state index contributed by atoms with van der Waals surface area (Å²) in [6.45, 7) is 8.36. The molecule has 2 N–H and O–H groups in total. The Bertz CT molecular complexity index is 1050. The van der Waals surface area contributed by atoms with E-state index in [9.17, 15) is 9.59 Å². The fourth-order valence-corrected chi connectivity index (χ4v) is 3.78. The number of urea groups is 1. The number of hydrogen-bond donors (Lipinski definition) is 2. The maximum Gasteiger partial charge on any atom is 0.338 e. The summed E-state index contributed by atoms with van der Waals surface area (Å²) >= 11 is 6.24. The van der Waals surface area contributed by atoms with Gasteiger partial charge < -0.3 is 24.8 Å². The van der Waals surface area contributed by atoms with E-state index >= 15 is 0 Å². The van der Waals surface area contributed by atoms with Gasteiger partial charge in [0.2, 0.25) is 0 Å². The SMILES string of the molecule is CCOC(=O)C1=C(C(C)C)NC(=O)NC1c1ccc(OCc2ccccc2Cl)c(OCC)c1. The lowest BCUT2D eigenvalue weighted by atomic mass is 9.91. The Kier molecular flexibility index (Phi) is 8.22. The van der Waals surface area contributed by atoms with E-state index < -0.39 is 12.0 Å². The van der Waals surface area contributed by atoms with Crippen molar-refractivity contribution in [2.45, 2.75) is 40.3 Å². The van der Waals surface area contributed by atoms with Crippen LogP contribution in [0.5, 0.6) is 11.5 Å². The molecule has 1 heterocycles. The van der Waals surface area contributed by atoms with Gasteiger partial charge in [-0.3, -0.25) is 0 Å². The first-order valence-corrected chi connectivity index (χ1v) is 11.3. The smallest absolute Gasteiger partial charge is 0.338 e. The van der Waals surface area contributed by atoms with Gasteiger partial charge in [0.15, 0.2) is 11.5 Å². The van der Waals surface area contributed by atoms with E-state index in [1.807, 2.05) is 45.0 Å². The highest BCUT2D eigenvalue weighted by atomic mass is 35.5. The minimum absolute atomic E-state index is 0.0810. The van der Waals surface area contributed by atoms with E-state index in [0.29, 0.717) is 40.0 Å². The van der Waals surface area contributed by atoms with Gasteiger partial charge in [-0.25, -0.2) is 9.59 Å². The van der Waals surface area contributed by atoms with Crippen molar-refractivity contribution in [2.24, 2.45) is 5.92 Å². The van der Waals surface area contributed by atoms with E-state index in [-0.39, 0.29) is 25.2 Å². The standard InChI is InChI=1S/C25H29ClN2O5/c1-5-31-20-13-16(11-12-19(20)33-14-17-9-7-8-10-18(17)26)23-21(24(29)32-6-2)22(15(3)4)27-25(30)28-23/h7-13,15,23H,5-6,14H2,1-4H3,(H2,27,28,30). The second-order valence-electron chi connectivity index (χ2n) is 7.75. The van der Waals surface area contributed by atoms with E-state index in [4.69, 9.17) is 25.8 Å². The van der Waals surface area contributed by atoms with Crippen LogP contribution in [0.15, 0.2) is 53.7 Å². The molecule has 1 aliphatic heterocycles. The van der Waals surface area contributed by atoms with Crippen LogP contribution < -0.4 is 20.1 Å². The molecule has 0 radical (unpaired) electrons. The van der Waals surface area contributed by atoms with Gasteiger partial charge in [0.05, 0.1) is 24.8 Å². The monoisotopic (exact) mass is 472 g/mol. The average Bonchev–Trinajstić information content (AvgIpc) is 2.78. The van der Waals surface area contributed by atoms with Gasteiger partial charge in [-0.05, 0) is 43.5 Å². The average molecular weight is 473 g/mol. The molecule has 1 atom stereocenters. The third-order valence-electron chi connectivity index (χ3n) is 5.12. The third-order valence-corrected chi connectivity index (χ3v) is 5.49. The predicted octanol–water partition coefficient (Wildman–Crippen LogP) is 5.14. The van der Waals surface area contributed by atoms with Crippen molar-refractivity contribution < 1.29 is 23.8 Å². The first-order chi connectivity index (χ1) is 15.8. The largest absolute Gasteiger partial charge is 0.490 e. The first-order valence-electron chi connectivity index (χ1n) is 11.0. The maximum absolute atomic E-state index is 12.8. The summed E-state index contributed by atoms with van der Waals surface area (Å²) < 4.78 is 17.1. The Hall–Kier alpha value is -3.19. The Morgan fingerprint density at radius 1 is 1.06 bits per heavy atom. The van der Waals surface area contributed by atoms with E-state index in [0.717, 1.165) is 5.56 Å². The van der Waals surface area contributed by atoms with Crippen molar-refractivity contribution in [1.82, 2.24) is 10.6 Å². The minimum atomic E-state index is -0.688. The normalized spacial score (nSPS) is 15.7. The summed E-state index contributed by atoms with van der Waals surface area (Å²) in [5, 5.41) is 6.22. The van der Waals surface area contributed by atoms with Gasteiger partial charge in [0, 0.05) is 16.3 Å².